The summed E-state index contributed by atoms with van der Waals surface area (Å²) in [6, 6.07) is 14.1. The van der Waals surface area contributed by atoms with Crippen molar-refractivity contribution in [2.75, 3.05) is 14.2 Å². The predicted octanol–water partition coefficient (Wildman–Crippen LogP) is 4.37. The van der Waals surface area contributed by atoms with Crippen molar-refractivity contribution >= 4 is 17.8 Å². The lowest BCUT2D eigenvalue weighted by atomic mass is 10.1. The summed E-state index contributed by atoms with van der Waals surface area (Å²) in [6.45, 7) is 2.98. The monoisotopic (exact) mass is 411 g/mol. The van der Waals surface area contributed by atoms with Gasteiger partial charge in [0.05, 0.1) is 25.3 Å². The molecule has 0 radical (unpaired) electrons. The van der Waals surface area contributed by atoms with Crippen LogP contribution in [-0.4, -0.2) is 37.0 Å². The van der Waals surface area contributed by atoms with E-state index >= 15 is 0 Å². The first-order valence-electron chi connectivity index (χ1n) is 10.1. The maximum Gasteiger partial charge on any atom is 0.337 e. The molecule has 0 aliphatic carbocycles. The Labute approximate surface area is 177 Å². The molecule has 0 aromatic heterocycles. The number of nitrogens with zero attached hydrogens (tertiary/aromatic N) is 1. The summed E-state index contributed by atoms with van der Waals surface area (Å²) < 4.78 is 9.46. The molecular weight excluding hydrogens is 382 g/mol. The third-order valence-corrected chi connectivity index (χ3v) is 4.84. The zero-order valence-corrected chi connectivity index (χ0v) is 17.8. The second-order valence-electron chi connectivity index (χ2n) is 7.08. The average Bonchev–Trinajstić information content (AvgIpc) is 2.78. The largest absolute Gasteiger partial charge is 0.465 e. The van der Waals surface area contributed by atoms with Gasteiger partial charge >= 0.3 is 11.9 Å². The molecule has 1 amide bonds. The van der Waals surface area contributed by atoms with E-state index in [-0.39, 0.29) is 17.8 Å². The van der Waals surface area contributed by atoms with E-state index in [9.17, 15) is 14.4 Å². The summed E-state index contributed by atoms with van der Waals surface area (Å²) in [5, 5.41) is 0. The summed E-state index contributed by atoms with van der Waals surface area (Å²) in [7, 11) is 2.69. The number of methoxy groups -OCH3 is 2. The van der Waals surface area contributed by atoms with Crippen molar-refractivity contribution in [2.24, 2.45) is 0 Å². The van der Waals surface area contributed by atoms with Gasteiger partial charge in [0.15, 0.2) is 0 Å². The highest BCUT2D eigenvalue weighted by Crippen LogP contribution is 2.15. The number of hydrogen-bond acceptors (Lipinski definition) is 5. The van der Waals surface area contributed by atoms with Crippen molar-refractivity contribution in [3.63, 3.8) is 0 Å². The Balaban J connectivity index is 2.14. The third kappa shape index (κ3) is 6.72. The maximum atomic E-state index is 12.8. The van der Waals surface area contributed by atoms with Crippen molar-refractivity contribution in [1.82, 2.24) is 4.90 Å². The van der Waals surface area contributed by atoms with Gasteiger partial charge < -0.3 is 14.4 Å². The molecule has 0 aliphatic heterocycles. The molecule has 0 bridgehead atoms. The Hall–Kier alpha value is -3.15. The van der Waals surface area contributed by atoms with Gasteiger partial charge in [-0.05, 0) is 41.8 Å². The van der Waals surface area contributed by atoms with Crippen molar-refractivity contribution in [3.05, 3.63) is 70.8 Å². The van der Waals surface area contributed by atoms with Crippen LogP contribution < -0.4 is 0 Å². The predicted molar refractivity (Wildman–Crippen MR) is 114 cm³/mol. The van der Waals surface area contributed by atoms with Crippen molar-refractivity contribution in [1.29, 1.82) is 0 Å². The van der Waals surface area contributed by atoms with Gasteiger partial charge in [0.2, 0.25) is 5.91 Å². The molecule has 160 valence electrons. The highest BCUT2D eigenvalue weighted by atomic mass is 16.5. The fourth-order valence-corrected chi connectivity index (χ4v) is 3.09. The molecular formula is C24H29NO5. The molecule has 0 heterocycles. The molecule has 0 saturated carbocycles. The van der Waals surface area contributed by atoms with Gasteiger partial charge in [-0.25, -0.2) is 9.59 Å². The molecule has 6 nitrogen and oxygen atoms in total. The highest BCUT2D eigenvalue weighted by molar-refractivity contribution is 5.89. The number of unbranched alkanes of at least 4 members (excludes halogenated alkanes) is 2. The van der Waals surface area contributed by atoms with E-state index in [0.717, 1.165) is 30.4 Å². The maximum absolute atomic E-state index is 12.8. The summed E-state index contributed by atoms with van der Waals surface area (Å²) >= 11 is 0. The second kappa shape index (κ2) is 11.8. The number of ether oxygens (including phenoxy) is 2. The Kier molecular flexibility index (Phi) is 9.06. The number of hydrogen-bond donors (Lipinski definition) is 0. The first kappa shape index (κ1) is 23.1. The first-order valence-corrected chi connectivity index (χ1v) is 10.1. The molecule has 0 aliphatic rings. The van der Waals surface area contributed by atoms with Crippen LogP contribution in [0.5, 0.6) is 0 Å². The smallest absolute Gasteiger partial charge is 0.337 e. The van der Waals surface area contributed by atoms with E-state index in [0.29, 0.717) is 30.6 Å². The third-order valence-electron chi connectivity index (χ3n) is 4.84. The van der Waals surface area contributed by atoms with Crippen LogP contribution in [0, 0.1) is 0 Å². The number of esters is 2. The van der Waals surface area contributed by atoms with Gasteiger partial charge in [-0.15, -0.1) is 0 Å². The quantitative estimate of drug-likeness (QED) is 0.429. The minimum Gasteiger partial charge on any atom is -0.465 e. The van der Waals surface area contributed by atoms with Crippen molar-refractivity contribution in [3.8, 4) is 0 Å². The van der Waals surface area contributed by atoms with E-state index in [4.69, 9.17) is 9.47 Å². The molecule has 6 heteroatoms. The van der Waals surface area contributed by atoms with Gasteiger partial charge in [0.1, 0.15) is 0 Å². The Morgan fingerprint density at radius 3 is 1.53 bits per heavy atom. The fraction of sp³-hybridized carbons (Fsp3) is 0.375. The molecule has 2 aromatic rings. The van der Waals surface area contributed by atoms with Crippen LogP contribution in [0.25, 0.3) is 0 Å². The molecule has 0 unspecified atom stereocenters. The van der Waals surface area contributed by atoms with E-state index in [1.165, 1.54) is 14.2 Å². The molecule has 2 aromatic carbocycles. The normalized spacial score (nSPS) is 10.4. The first-order chi connectivity index (χ1) is 14.5. The summed E-state index contributed by atoms with van der Waals surface area (Å²) in [5.41, 5.74) is 2.80. The van der Waals surface area contributed by atoms with Crippen LogP contribution in [0.4, 0.5) is 0 Å². The molecule has 30 heavy (non-hydrogen) atoms. The highest BCUT2D eigenvalue weighted by Gasteiger charge is 2.16. The van der Waals surface area contributed by atoms with Crippen LogP contribution in [-0.2, 0) is 27.4 Å². The lowest BCUT2D eigenvalue weighted by Gasteiger charge is -2.23. The molecule has 2 rings (SSSR count). The van der Waals surface area contributed by atoms with Crippen LogP contribution in [0.15, 0.2) is 48.5 Å². The Morgan fingerprint density at radius 2 is 1.17 bits per heavy atom. The van der Waals surface area contributed by atoms with Crippen LogP contribution in [0.2, 0.25) is 0 Å². The standard InChI is InChI=1S/C24H29NO5/c1-4-5-6-7-22(26)25(16-18-8-12-20(13-9-18)23(27)29-2)17-19-10-14-21(15-11-19)24(28)30-3/h8-15H,4-7,16-17H2,1-3H3. The topological polar surface area (TPSA) is 72.9 Å². The minimum atomic E-state index is -0.389. The van der Waals surface area contributed by atoms with Gasteiger partial charge in [0, 0.05) is 19.5 Å². The molecule has 0 saturated heterocycles. The summed E-state index contributed by atoms with van der Waals surface area (Å²) in [6.07, 6.45) is 3.42. The average molecular weight is 411 g/mol. The number of amides is 1. The molecule has 0 atom stereocenters. The van der Waals surface area contributed by atoms with E-state index in [1.807, 2.05) is 24.3 Å². The van der Waals surface area contributed by atoms with Crippen LogP contribution >= 0.6 is 0 Å². The summed E-state index contributed by atoms with van der Waals surface area (Å²) in [5.74, 6) is -0.697. The Morgan fingerprint density at radius 1 is 0.733 bits per heavy atom. The molecule has 0 fully saturated rings. The fourth-order valence-electron chi connectivity index (χ4n) is 3.09. The van der Waals surface area contributed by atoms with Crippen LogP contribution in [0.3, 0.4) is 0 Å². The van der Waals surface area contributed by atoms with Crippen molar-refractivity contribution < 1.29 is 23.9 Å². The molecule has 0 spiro atoms. The minimum absolute atomic E-state index is 0.0811. The lowest BCUT2D eigenvalue weighted by Crippen LogP contribution is -2.30. The SMILES string of the molecule is CCCCCC(=O)N(Cc1ccc(C(=O)OC)cc1)Cc1ccc(C(=O)OC)cc1. The zero-order valence-electron chi connectivity index (χ0n) is 17.8. The molecule has 0 N–H and O–H groups in total. The van der Waals surface area contributed by atoms with E-state index < -0.39 is 0 Å². The van der Waals surface area contributed by atoms with Gasteiger partial charge in [0.25, 0.3) is 0 Å². The number of benzene rings is 2. The van der Waals surface area contributed by atoms with E-state index in [2.05, 4.69) is 6.92 Å². The number of carbonyl (C=O) groups is 3. The van der Waals surface area contributed by atoms with Crippen LogP contribution in [0.1, 0.15) is 64.4 Å². The second-order valence-corrected chi connectivity index (χ2v) is 7.08. The van der Waals surface area contributed by atoms with Gasteiger partial charge in [-0.2, -0.15) is 0 Å². The summed E-state index contributed by atoms with van der Waals surface area (Å²) in [4.78, 5) is 37.9. The lowest BCUT2D eigenvalue weighted by molar-refractivity contribution is -0.132. The Bertz CT molecular complexity index is 781. The van der Waals surface area contributed by atoms with Crippen molar-refractivity contribution in [2.45, 2.75) is 45.7 Å². The van der Waals surface area contributed by atoms with Gasteiger partial charge in [-0.3, -0.25) is 4.79 Å². The van der Waals surface area contributed by atoms with E-state index in [1.54, 1.807) is 29.2 Å². The van der Waals surface area contributed by atoms with Gasteiger partial charge in [-0.1, -0.05) is 44.0 Å². The number of carbonyl (C=O) groups excluding carboxylic acids is 3. The zero-order chi connectivity index (χ0) is 21.9. The number of rotatable bonds is 10.